The highest BCUT2D eigenvalue weighted by Gasteiger charge is 2.15. The van der Waals surface area contributed by atoms with Gasteiger partial charge in [0.25, 0.3) is 0 Å². The molecule has 4 N–H and O–H groups in total. The number of ether oxygens (including phenoxy) is 1. The third-order valence-corrected chi connectivity index (χ3v) is 1.77. The Morgan fingerprint density at radius 2 is 2.20 bits per heavy atom. The molecule has 1 atom stereocenters. The normalized spacial score (nSPS) is 13.7. The van der Waals surface area contributed by atoms with Gasteiger partial charge in [-0.15, -0.1) is 0 Å². The Labute approximate surface area is 91.0 Å². The highest BCUT2D eigenvalue weighted by Crippen LogP contribution is 2.02. The molecule has 0 saturated heterocycles. The number of nitrogens with one attached hydrogen (secondary N) is 1. The Morgan fingerprint density at radius 1 is 1.60 bits per heavy atom. The van der Waals surface area contributed by atoms with Gasteiger partial charge in [0.1, 0.15) is 0 Å². The van der Waals surface area contributed by atoms with Gasteiger partial charge >= 0.3 is 0 Å². The highest BCUT2D eigenvalue weighted by atomic mass is 16.5. The van der Waals surface area contributed by atoms with Crippen molar-refractivity contribution < 1.29 is 14.6 Å². The second-order valence-electron chi connectivity index (χ2n) is 4.41. The first-order valence-corrected chi connectivity index (χ1v) is 5.08. The maximum absolute atomic E-state index is 11.3. The summed E-state index contributed by atoms with van der Waals surface area (Å²) < 4.78 is 4.76. The van der Waals surface area contributed by atoms with Gasteiger partial charge < -0.3 is 20.9 Å². The number of hydrogen-bond acceptors (Lipinski definition) is 4. The molecule has 0 spiro atoms. The van der Waals surface area contributed by atoms with Gasteiger partial charge in [-0.25, -0.2) is 0 Å². The van der Waals surface area contributed by atoms with E-state index in [9.17, 15) is 9.90 Å². The predicted molar refractivity (Wildman–Crippen MR) is 58.4 cm³/mol. The third-order valence-electron chi connectivity index (χ3n) is 1.77. The second-order valence-corrected chi connectivity index (χ2v) is 4.41. The Hall–Kier alpha value is -0.650. The standard InChI is InChI=1S/C10H22N2O3/c1-10(2,11)6-9(14)12-5-4-8(13)7-15-3/h8,13H,4-7,11H2,1-3H3,(H,12,14). The molecule has 0 bridgehead atoms. The molecule has 15 heavy (non-hydrogen) atoms. The van der Waals surface area contributed by atoms with Crippen molar-refractivity contribution in [1.82, 2.24) is 5.32 Å². The Bertz CT molecular complexity index is 190. The number of aliphatic hydroxyl groups is 1. The minimum atomic E-state index is -0.527. The molecule has 0 fully saturated rings. The number of methoxy groups -OCH3 is 1. The van der Waals surface area contributed by atoms with E-state index in [-0.39, 0.29) is 18.9 Å². The number of aliphatic hydroxyl groups excluding tert-OH is 1. The van der Waals surface area contributed by atoms with Gasteiger partial charge in [0.05, 0.1) is 12.7 Å². The van der Waals surface area contributed by atoms with Crippen molar-refractivity contribution in [1.29, 1.82) is 0 Å². The van der Waals surface area contributed by atoms with Crippen molar-refractivity contribution in [2.75, 3.05) is 20.3 Å². The van der Waals surface area contributed by atoms with Gasteiger partial charge in [0.15, 0.2) is 0 Å². The molecule has 0 rings (SSSR count). The van der Waals surface area contributed by atoms with Crippen LogP contribution in [0.25, 0.3) is 0 Å². The molecule has 0 aromatic rings. The van der Waals surface area contributed by atoms with E-state index in [1.807, 2.05) is 0 Å². The van der Waals surface area contributed by atoms with E-state index in [1.54, 1.807) is 13.8 Å². The summed E-state index contributed by atoms with van der Waals surface area (Å²) in [6.07, 6.45) is 0.249. The third kappa shape index (κ3) is 9.65. The van der Waals surface area contributed by atoms with Crippen molar-refractivity contribution in [3.8, 4) is 0 Å². The largest absolute Gasteiger partial charge is 0.391 e. The van der Waals surface area contributed by atoms with Crippen molar-refractivity contribution in [3.05, 3.63) is 0 Å². The lowest BCUT2D eigenvalue weighted by molar-refractivity contribution is -0.122. The van der Waals surface area contributed by atoms with E-state index in [2.05, 4.69) is 5.32 Å². The topological polar surface area (TPSA) is 84.6 Å². The molecule has 5 heteroatoms. The number of nitrogens with two attached hydrogens (primary N) is 1. The van der Waals surface area contributed by atoms with Crippen LogP contribution in [0.3, 0.4) is 0 Å². The monoisotopic (exact) mass is 218 g/mol. The van der Waals surface area contributed by atoms with E-state index in [0.29, 0.717) is 13.0 Å². The molecule has 0 saturated carbocycles. The van der Waals surface area contributed by atoms with Crippen LogP contribution >= 0.6 is 0 Å². The van der Waals surface area contributed by atoms with E-state index >= 15 is 0 Å². The van der Waals surface area contributed by atoms with Crippen molar-refractivity contribution >= 4 is 5.91 Å². The van der Waals surface area contributed by atoms with E-state index in [4.69, 9.17) is 10.5 Å². The molecular weight excluding hydrogens is 196 g/mol. The van der Waals surface area contributed by atoms with E-state index in [0.717, 1.165) is 0 Å². The molecule has 0 aliphatic carbocycles. The zero-order valence-electron chi connectivity index (χ0n) is 9.75. The summed E-state index contributed by atoms with van der Waals surface area (Å²) >= 11 is 0. The molecule has 0 aliphatic heterocycles. The fourth-order valence-corrected chi connectivity index (χ4v) is 1.13. The van der Waals surface area contributed by atoms with Crippen LogP contribution in [0, 0.1) is 0 Å². The Balaban J connectivity index is 3.55. The maximum Gasteiger partial charge on any atom is 0.221 e. The Morgan fingerprint density at radius 3 is 2.67 bits per heavy atom. The molecule has 0 aliphatic rings. The van der Waals surface area contributed by atoms with Gasteiger partial charge in [0.2, 0.25) is 5.91 Å². The number of hydrogen-bond donors (Lipinski definition) is 3. The summed E-state index contributed by atoms with van der Waals surface area (Å²) in [4.78, 5) is 11.3. The second kappa shape index (κ2) is 6.76. The average molecular weight is 218 g/mol. The van der Waals surface area contributed by atoms with E-state index < -0.39 is 11.6 Å². The average Bonchev–Trinajstić information content (AvgIpc) is 2.00. The van der Waals surface area contributed by atoms with E-state index in [1.165, 1.54) is 7.11 Å². The van der Waals surface area contributed by atoms with Crippen LogP contribution in [0.5, 0.6) is 0 Å². The molecule has 1 amide bonds. The van der Waals surface area contributed by atoms with Crippen LogP contribution in [-0.2, 0) is 9.53 Å². The fourth-order valence-electron chi connectivity index (χ4n) is 1.13. The lowest BCUT2D eigenvalue weighted by atomic mass is 10.0. The lowest BCUT2D eigenvalue weighted by Gasteiger charge is -2.17. The van der Waals surface area contributed by atoms with Gasteiger partial charge in [-0.2, -0.15) is 0 Å². The van der Waals surface area contributed by atoms with Gasteiger partial charge in [-0.05, 0) is 20.3 Å². The molecule has 0 aromatic heterocycles. The maximum atomic E-state index is 11.3. The highest BCUT2D eigenvalue weighted by molar-refractivity contribution is 5.76. The van der Waals surface area contributed by atoms with Gasteiger partial charge in [-0.3, -0.25) is 4.79 Å². The summed E-state index contributed by atoms with van der Waals surface area (Å²) in [6.45, 7) is 4.33. The molecule has 0 radical (unpaired) electrons. The minimum absolute atomic E-state index is 0.0906. The van der Waals surface area contributed by atoms with Gasteiger partial charge in [0, 0.05) is 25.6 Å². The van der Waals surface area contributed by atoms with Crippen LogP contribution in [-0.4, -0.2) is 42.9 Å². The number of carbonyl (C=O) groups excluding carboxylic acids is 1. The zero-order chi connectivity index (χ0) is 11.9. The predicted octanol–water partition coefficient (Wildman–Crippen LogP) is -0.373. The SMILES string of the molecule is COCC(O)CCNC(=O)CC(C)(C)N. The first kappa shape index (κ1) is 14.3. The minimum Gasteiger partial charge on any atom is -0.391 e. The smallest absolute Gasteiger partial charge is 0.221 e. The molecular formula is C10H22N2O3. The Kier molecular flexibility index (Phi) is 6.47. The summed E-state index contributed by atoms with van der Waals surface area (Å²) in [7, 11) is 1.53. The molecule has 0 heterocycles. The first-order chi connectivity index (χ1) is 6.85. The van der Waals surface area contributed by atoms with Crippen LogP contribution in [0.4, 0.5) is 0 Å². The summed E-state index contributed by atoms with van der Waals surface area (Å²) in [5.74, 6) is -0.0906. The van der Waals surface area contributed by atoms with Crippen LogP contribution in [0.15, 0.2) is 0 Å². The number of carbonyl (C=O) groups is 1. The van der Waals surface area contributed by atoms with Crippen molar-refractivity contribution in [3.63, 3.8) is 0 Å². The van der Waals surface area contributed by atoms with Crippen LogP contribution in [0.2, 0.25) is 0 Å². The van der Waals surface area contributed by atoms with Crippen LogP contribution < -0.4 is 11.1 Å². The quantitative estimate of drug-likeness (QED) is 0.544. The summed E-state index contributed by atoms with van der Waals surface area (Å²) in [5, 5.41) is 12.0. The fraction of sp³-hybridized carbons (Fsp3) is 0.900. The molecule has 90 valence electrons. The zero-order valence-corrected chi connectivity index (χ0v) is 9.75. The summed E-state index contributed by atoms with van der Waals surface area (Å²) in [5.41, 5.74) is 5.19. The molecule has 1 unspecified atom stereocenters. The van der Waals surface area contributed by atoms with Crippen molar-refractivity contribution in [2.45, 2.75) is 38.3 Å². The first-order valence-electron chi connectivity index (χ1n) is 5.08. The molecule has 0 aromatic carbocycles. The number of rotatable bonds is 7. The molecule has 5 nitrogen and oxygen atoms in total. The van der Waals surface area contributed by atoms with Gasteiger partial charge in [-0.1, -0.05) is 0 Å². The number of amides is 1. The summed E-state index contributed by atoms with van der Waals surface area (Å²) in [6, 6.07) is 0. The lowest BCUT2D eigenvalue weighted by Crippen LogP contribution is -2.39. The van der Waals surface area contributed by atoms with Crippen LogP contribution in [0.1, 0.15) is 26.7 Å². The van der Waals surface area contributed by atoms with Crippen molar-refractivity contribution in [2.24, 2.45) is 5.73 Å².